The van der Waals surface area contributed by atoms with Crippen LogP contribution in [0.1, 0.15) is 17.5 Å². The van der Waals surface area contributed by atoms with Crippen LogP contribution in [0, 0.1) is 11.6 Å². The summed E-state index contributed by atoms with van der Waals surface area (Å²) in [7, 11) is -2.10. The molecule has 5 nitrogen and oxygen atoms in total. The van der Waals surface area contributed by atoms with Crippen molar-refractivity contribution < 1.29 is 13.0 Å². The van der Waals surface area contributed by atoms with E-state index in [0.29, 0.717) is 17.4 Å². The first-order chi connectivity index (χ1) is 14.5. The van der Waals surface area contributed by atoms with Gasteiger partial charge in [-0.25, -0.2) is 18.0 Å². The van der Waals surface area contributed by atoms with Crippen molar-refractivity contribution in [3.63, 3.8) is 0 Å². The van der Waals surface area contributed by atoms with E-state index in [1.165, 1.54) is 23.3 Å². The minimum Gasteiger partial charge on any atom is -0.381 e. The van der Waals surface area contributed by atoms with Crippen LogP contribution < -0.4 is 10.0 Å². The third-order valence-corrected chi connectivity index (χ3v) is 6.94. The molecular formula is C20H19ClF2N4OS2. The van der Waals surface area contributed by atoms with Gasteiger partial charge in [0.25, 0.3) is 0 Å². The first-order valence-electron chi connectivity index (χ1n) is 9.29. The largest absolute Gasteiger partial charge is 0.381 e. The van der Waals surface area contributed by atoms with Crippen LogP contribution in [0.2, 0.25) is 5.02 Å². The molecule has 10 heteroatoms. The Morgan fingerprint density at radius 2 is 2.00 bits per heavy atom. The highest BCUT2D eigenvalue weighted by molar-refractivity contribution is 7.86. The fraction of sp³-hybridized carbons (Fsp3) is 0.250. The van der Waals surface area contributed by atoms with Crippen LogP contribution in [0.15, 0.2) is 46.1 Å². The van der Waals surface area contributed by atoms with Gasteiger partial charge < -0.3 is 5.32 Å². The molecule has 1 atom stereocenters. The second kappa shape index (κ2) is 9.38. The Labute approximate surface area is 184 Å². The normalized spacial score (nSPS) is 14.9. The van der Waals surface area contributed by atoms with Crippen LogP contribution in [-0.4, -0.2) is 27.2 Å². The zero-order valence-corrected chi connectivity index (χ0v) is 18.2. The number of likely N-dealkylation sites (tertiary alicyclic amines) is 1. The maximum absolute atomic E-state index is 14.5. The highest BCUT2D eigenvalue weighted by Gasteiger charge is 2.20. The molecule has 1 unspecified atom stereocenters. The van der Waals surface area contributed by atoms with Gasteiger partial charge >= 0.3 is 0 Å². The Morgan fingerprint density at radius 1 is 1.23 bits per heavy atom. The summed E-state index contributed by atoms with van der Waals surface area (Å²) in [6.45, 7) is 3.23. The molecule has 0 saturated carbocycles. The van der Waals surface area contributed by atoms with Gasteiger partial charge in [0.05, 0.1) is 5.51 Å². The Kier molecular flexibility index (Phi) is 6.62. The summed E-state index contributed by atoms with van der Waals surface area (Å²) in [5, 5.41) is 5.24. The number of aromatic nitrogens is 1. The number of nitrogens with one attached hydrogen (secondary N) is 2. The van der Waals surface area contributed by atoms with Gasteiger partial charge in [0.15, 0.2) is 11.0 Å². The highest BCUT2D eigenvalue weighted by atomic mass is 35.5. The number of anilines is 2. The van der Waals surface area contributed by atoms with Crippen LogP contribution in [0.3, 0.4) is 0 Å². The first kappa shape index (κ1) is 21.2. The van der Waals surface area contributed by atoms with Crippen LogP contribution in [0.5, 0.6) is 0 Å². The second-order valence-corrected chi connectivity index (χ2v) is 9.15. The molecular weight excluding hydrogens is 450 g/mol. The van der Waals surface area contributed by atoms with Crippen molar-refractivity contribution in [3.05, 3.63) is 69.0 Å². The lowest BCUT2D eigenvalue weighted by Gasteiger charge is -2.31. The van der Waals surface area contributed by atoms with E-state index >= 15 is 0 Å². The lowest BCUT2D eigenvalue weighted by atomic mass is 10.0. The van der Waals surface area contributed by atoms with Gasteiger partial charge in [-0.2, -0.15) is 0 Å². The predicted octanol–water partition coefficient (Wildman–Crippen LogP) is 5.03. The molecule has 1 aliphatic rings. The van der Waals surface area contributed by atoms with Crippen molar-refractivity contribution in [2.75, 3.05) is 23.1 Å². The molecule has 0 amide bonds. The molecule has 0 bridgehead atoms. The monoisotopic (exact) mass is 468 g/mol. The van der Waals surface area contributed by atoms with Crippen molar-refractivity contribution in [2.24, 2.45) is 0 Å². The van der Waals surface area contributed by atoms with E-state index in [4.69, 9.17) is 11.6 Å². The average molecular weight is 469 g/mol. The SMILES string of the molecule is O=S(Nc1cscn1)c1c(F)cc(NCc2c(Cl)cccc2CN2CCC2)cc1F. The summed E-state index contributed by atoms with van der Waals surface area (Å²) in [5.41, 5.74) is 3.75. The number of benzene rings is 2. The van der Waals surface area contributed by atoms with E-state index in [9.17, 15) is 13.0 Å². The Bertz CT molecular complexity index is 1040. The zero-order chi connectivity index (χ0) is 21.1. The highest BCUT2D eigenvalue weighted by Crippen LogP contribution is 2.27. The van der Waals surface area contributed by atoms with Gasteiger partial charge in [0, 0.05) is 29.2 Å². The van der Waals surface area contributed by atoms with Crippen LogP contribution in [-0.2, 0) is 24.1 Å². The summed E-state index contributed by atoms with van der Waals surface area (Å²) in [6.07, 6.45) is 1.19. The van der Waals surface area contributed by atoms with Gasteiger partial charge in [0.2, 0.25) is 0 Å². The molecule has 0 spiro atoms. The van der Waals surface area contributed by atoms with Gasteiger partial charge in [-0.15, -0.1) is 11.3 Å². The number of thiazole rings is 1. The minimum atomic E-state index is -2.10. The number of nitrogens with zero attached hydrogens (tertiary/aromatic N) is 2. The third-order valence-electron chi connectivity index (χ3n) is 4.84. The summed E-state index contributed by atoms with van der Waals surface area (Å²) in [5.74, 6) is -1.51. The number of hydrogen-bond donors (Lipinski definition) is 2. The lowest BCUT2D eigenvalue weighted by molar-refractivity contribution is 0.172. The topological polar surface area (TPSA) is 57.3 Å². The minimum absolute atomic E-state index is 0.245. The molecule has 3 aromatic rings. The Balaban J connectivity index is 1.49. The van der Waals surface area contributed by atoms with Gasteiger partial charge in [0.1, 0.15) is 22.3 Å². The van der Waals surface area contributed by atoms with Gasteiger partial charge in [-0.05, 0) is 48.8 Å². The van der Waals surface area contributed by atoms with Crippen molar-refractivity contribution in [2.45, 2.75) is 24.4 Å². The molecule has 158 valence electrons. The van der Waals surface area contributed by atoms with E-state index in [1.54, 1.807) is 11.4 Å². The molecule has 2 N–H and O–H groups in total. The third kappa shape index (κ3) is 4.80. The first-order valence-corrected chi connectivity index (χ1v) is 11.8. The summed E-state index contributed by atoms with van der Waals surface area (Å²) >= 11 is 7.66. The summed E-state index contributed by atoms with van der Waals surface area (Å²) < 4.78 is 43.9. The average Bonchev–Trinajstić information content (AvgIpc) is 3.16. The van der Waals surface area contributed by atoms with E-state index in [0.717, 1.165) is 42.9 Å². The van der Waals surface area contributed by atoms with E-state index in [2.05, 4.69) is 19.9 Å². The van der Waals surface area contributed by atoms with E-state index < -0.39 is 27.5 Å². The van der Waals surface area contributed by atoms with Crippen molar-refractivity contribution in [1.29, 1.82) is 0 Å². The van der Waals surface area contributed by atoms with Gasteiger partial charge in [-0.1, -0.05) is 23.7 Å². The molecule has 2 heterocycles. The maximum atomic E-state index is 14.5. The molecule has 1 aromatic heterocycles. The zero-order valence-electron chi connectivity index (χ0n) is 15.8. The molecule has 2 aromatic carbocycles. The van der Waals surface area contributed by atoms with Crippen molar-refractivity contribution in [1.82, 2.24) is 9.88 Å². The predicted molar refractivity (Wildman–Crippen MR) is 117 cm³/mol. The van der Waals surface area contributed by atoms with Gasteiger partial charge in [-0.3, -0.25) is 9.62 Å². The molecule has 1 saturated heterocycles. The Hall–Kier alpha value is -2.07. The van der Waals surface area contributed by atoms with Crippen molar-refractivity contribution >= 4 is 45.4 Å². The molecule has 1 aliphatic heterocycles. The maximum Gasteiger partial charge on any atom is 0.157 e. The second-order valence-electron chi connectivity index (χ2n) is 6.87. The quantitative estimate of drug-likeness (QED) is 0.487. The molecule has 4 rings (SSSR count). The molecule has 1 fully saturated rings. The Morgan fingerprint density at radius 3 is 2.63 bits per heavy atom. The summed E-state index contributed by atoms with van der Waals surface area (Å²) in [4.78, 5) is 5.69. The lowest BCUT2D eigenvalue weighted by Crippen LogP contribution is -2.36. The van der Waals surface area contributed by atoms with E-state index in [-0.39, 0.29) is 5.69 Å². The smallest absolute Gasteiger partial charge is 0.157 e. The molecule has 0 aliphatic carbocycles. The fourth-order valence-electron chi connectivity index (χ4n) is 3.17. The van der Waals surface area contributed by atoms with Crippen LogP contribution in [0.4, 0.5) is 20.3 Å². The van der Waals surface area contributed by atoms with E-state index in [1.807, 2.05) is 12.1 Å². The molecule has 0 radical (unpaired) electrons. The summed E-state index contributed by atoms with van der Waals surface area (Å²) in [6, 6.07) is 7.98. The number of hydrogen-bond acceptors (Lipinski definition) is 5. The standard InChI is InChI=1S/C20H19ClF2N4OS2/c21-16-4-1-3-13(10-27-5-2-6-27)15(16)9-24-14-7-17(22)20(18(23)8-14)30(28)26-19-11-29-12-25-19/h1,3-4,7-8,11-12,24,26H,2,5-6,9-10H2. The van der Waals surface area contributed by atoms with Crippen LogP contribution in [0.25, 0.3) is 0 Å². The number of halogens is 3. The van der Waals surface area contributed by atoms with Crippen LogP contribution >= 0.6 is 22.9 Å². The molecule has 30 heavy (non-hydrogen) atoms. The number of rotatable bonds is 8. The van der Waals surface area contributed by atoms with Crippen molar-refractivity contribution in [3.8, 4) is 0 Å². The fourth-order valence-corrected chi connectivity index (χ4v) is 4.86.